The molecule has 0 aliphatic carbocycles. The summed E-state index contributed by atoms with van der Waals surface area (Å²) in [6, 6.07) is 7.76. The number of carbonyl (C=O) groups is 1. The van der Waals surface area contributed by atoms with E-state index in [-0.39, 0.29) is 12.0 Å². The molecule has 0 aromatic heterocycles. The van der Waals surface area contributed by atoms with Gasteiger partial charge in [-0.05, 0) is 44.4 Å². The van der Waals surface area contributed by atoms with Crippen molar-refractivity contribution in [2.75, 3.05) is 26.2 Å². The third-order valence-electron chi connectivity index (χ3n) is 3.73. The third kappa shape index (κ3) is 3.58. The smallest absolute Gasteiger partial charge is 0.254 e. The van der Waals surface area contributed by atoms with Gasteiger partial charge in [-0.15, -0.1) is 0 Å². The largest absolute Gasteiger partial charge is 0.377 e. The van der Waals surface area contributed by atoms with Crippen LogP contribution in [-0.2, 0) is 11.2 Å². The number of likely N-dealkylation sites (tertiary alicyclic amines) is 1. The van der Waals surface area contributed by atoms with Crippen molar-refractivity contribution in [1.29, 1.82) is 0 Å². The predicted octanol–water partition coefficient (Wildman–Crippen LogP) is 1.83. The average molecular weight is 276 g/mol. The molecule has 1 aliphatic rings. The zero-order valence-corrected chi connectivity index (χ0v) is 12.2. The summed E-state index contributed by atoms with van der Waals surface area (Å²) in [6.45, 7) is 4.78. The minimum atomic E-state index is 0.110. The van der Waals surface area contributed by atoms with Gasteiger partial charge in [-0.3, -0.25) is 4.79 Å². The summed E-state index contributed by atoms with van der Waals surface area (Å²) in [5.74, 6) is 0.110. The molecule has 0 radical (unpaired) electrons. The van der Waals surface area contributed by atoms with Crippen molar-refractivity contribution in [3.8, 4) is 0 Å². The van der Waals surface area contributed by atoms with Crippen LogP contribution in [0.5, 0.6) is 0 Å². The number of hydrogen-bond acceptors (Lipinski definition) is 3. The average Bonchev–Trinajstić information content (AvgIpc) is 2.48. The van der Waals surface area contributed by atoms with Gasteiger partial charge in [0.25, 0.3) is 5.91 Å². The van der Waals surface area contributed by atoms with Gasteiger partial charge < -0.3 is 15.4 Å². The first-order valence-corrected chi connectivity index (χ1v) is 7.45. The number of ether oxygens (including phenoxy) is 1. The number of rotatable bonds is 5. The monoisotopic (exact) mass is 276 g/mol. The Balaban J connectivity index is 2.10. The van der Waals surface area contributed by atoms with E-state index >= 15 is 0 Å². The van der Waals surface area contributed by atoms with Crippen LogP contribution >= 0.6 is 0 Å². The Morgan fingerprint density at radius 3 is 3.00 bits per heavy atom. The maximum atomic E-state index is 12.7. The van der Waals surface area contributed by atoms with E-state index < -0.39 is 0 Å². The number of benzene rings is 1. The van der Waals surface area contributed by atoms with Crippen molar-refractivity contribution < 1.29 is 9.53 Å². The molecular formula is C16H24N2O2. The van der Waals surface area contributed by atoms with Crippen LogP contribution in [0.3, 0.4) is 0 Å². The lowest BCUT2D eigenvalue weighted by molar-refractivity contribution is 0.00720. The number of nitrogens with two attached hydrogens (primary N) is 1. The molecule has 20 heavy (non-hydrogen) atoms. The Bertz CT molecular complexity index is 446. The summed E-state index contributed by atoms with van der Waals surface area (Å²) < 4.78 is 5.66. The van der Waals surface area contributed by atoms with Gasteiger partial charge in [0.1, 0.15) is 0 Å². The van der Waals surface area contributed by atoms with E-state index in [1.165, 1.54) is 0 Å². The molecule has 110 valence electrons. The van der Waals surface area contributed by atoms with Gasteiger partial charge in [0.15, 0.2) is 0 Å². The van der Waals surface area contributed by atoms with Gasteiger partial charge in [-0.1, -0.05) is 18.2 Å². The minimum absolute atomic E-state index is 0.110. The molecule has 1 aliphatic heterocycles. The molecule has 1 heterocycles. The van der Waals surface area contributed by atoms with Crippen LogP contribution in [0, 0.1) is 0 Å². The van der Waals surface area contributed by atoms with Gasteiger partial charge in [0.05, 0.1) is 6.10 Å². The predicted molar refractivity (Wildman–Crippen MR) is 79.8 cm³/mol. The maximum Gasteiger partial charge on any atom is 0.254 e. The van der Waals surface area contributed by atoms with Crippen LogP contribution in [0.15, 0.2) is 24.3 Å². The van der Waals surface area contributed by atoms with Gasteiger partial charge in [-0.2, -0.15) is 0 Å². The zero-order valence-electron chi connectivity index (χ0n) is 12.2. The van der Waals surface area contributed by atoms with E-state index in [0.717, 1.165) is 36.9 Å². The van der Waals surface area contributed by atoms with E-state index in [2.05, 4.69) is 0 Å². The van der Waals surface area contributed by atoms with Gasteiger partial charge >= 0.3 is 0 Å². The molecule has 0 spiro atoms. The zero-order chi connectivity index (χ0) is 14.4. The summed E-state index contributed by atoms with van der Waals surface area (Å²) >= 11 is 0. The Morgan fingerprint density at radius 1 is 1.45 bits per heavy atom. The van der Waals surface area contributed by atoms with E-state index in [1.54, 1.807) is 0 Å². The lowest BCUT2D eigenvalue weighted by Gasteiger charge is -2.33. The summed E-state index contributed by atoms with van der Waals surface area (Å²) in [5.41, 5.74) is 7.45. The second kappa shape index (κ2) is 7.41. The van der Waals surface area contributed by atoms with Crippen LogP contribution in [0.25, 0.3) is 0 Å². The quantitative estimate of drug-likeness (QED) is 0.892. The molecule has 2 N–H and O–H groups in total. The summed E-state index contributed by atoms with van der Waals surface area (Å²) in [4.78, 5) is 14.6. The first kappa shape index (κ1) is 15.0. The van der Waals surface area contributed by atoms with Crippen LogP contribution in [0.2, 0.25) is 0 Å². The molecule has 1 amide bonds. The summed E-state index contributed by atoms with van der Waals surface area (Å²) in [7, 11) is 0. The highest BCUT2D eigenvalue weighted by Gasteiger charge is 2.25. The number of amides is 1. The first-order chi connectivity index (χ1) is 9.76. The molecule has 1 aromatic carbocycles. The molecule has 1 aromatic rings. The molecular weight excluding hydrogens is 252 g/mol. The number of hydrogen-bond donors (Lipinski definition) is 1. The van der Waals surface area contributed by atoms with Gasteiger partial charge in [-0.25, -0.2) is 0 Å². The fraction of sp³-hybridized carbons (Fsp3) is 0.562. The highest BCUT2D eigenvalue weighted by Crippen LogP contribution is 2.18. The lowest BCUT2D eigenvalue weighted by atomic mass is 10.0. The van der Waals surface area contributed by atoms with Crippen molar-refractivity contribution in [3.05, 3.63) is 35.4 Å². The maximum absolute atomic E-state index is 12.7. The first-order valence-electron chi connectivity index (χ1n) is 7.45. The number of carbonyl (C=O) groups excluding carboxylic acids is 1. The number of piperidine rings is 1. The van der Waals surface area contributed by atoms with Gasteiger partial charge in [0.2, 0.25) is 0 Å². The molecule has 1 fully saturated rings. The molecule has 0 saturated carbocycles. The highest BCUT2D eigenvalue weighted by atomic mass is 16.5. The standard InChI is InChI=1S/C16H24N2O2/c1-2-20-14-7-5-11-18(12-14)16(19)15-8-4-3-6-13(15)9-10-17/h3-4,6,8,14H,2,5,7,9-12,17H2,1H3. The molecule has 4 heteroatoms. The molecule has 2 rings (SSSR count). The van der Waals surface area contributed by atoms with Crippen LogP contribution in [0.4, 0.5) is 0 Å². The van der Waals surface area contributed by atoms with Crippen molar-refractivity contribution in [3.63, 3.8) is 0 Å². The molecule has 1 unspecified atom stereocenters. The summed E-state index contributed by atoms with van der Waals surface area (Å²) in [6.07, 6.45) is 2.97. The van der Waals surface area contributed by atoms with Crippen molar-refractivity contribution in [1.82, 2.24) is 4.90 Å². The van der Waals surface area contributed by atoms with Crippen LogP contribution in [-0.4, -0.2) is 43.2 Å². The second-order valence-corrected chi connectivity index (χ2v) is 5.17. The van der Waals surface area contributed by atoms with Crippen LogP contribution in [0.1, 0.15) is 35.7 Å². The highest BCUT2D eigenvalue weighted by molar-refractivity contribution is 5.95. The summed E-state index contributed by atoms with van der Waals surface area (Å²) in [5, 5.41) is 0. The molecule has 4 nitrogen and oxygen atoms in total. The van der Waals surface area contributed by atoms with E-state index in [9.17, 15) is 4.79 Å². The molecule has 1 atom stereocenters. The Morgan fingerprint density at radius 2 is 2.25 bits per heavy atom. The fourth-order valence-corrected chi connectivity index (χ4v) is 2.77. The molecule has 1 saturated heterocycles. The molecule has 0 bridgehead atoms. The van der Waals surface area contributed by atoms with Crippen molar-refractivity contribution >= 4 is 5.91 Å². The minimum Gasteiger partial charge on any atom is -0.377 e. The Labute approximate surface area is 120 Å². The van der Waals surface area contributed by atoms with E-state index in [1.807, 2.05) is 36.1 Å². The Hall–Kier alpha value is -1.39. The normalized spacial score (nSPS) is 19.1. The Kier molecular flexibility index (Phi) is 5.56. The van der Waals surface area contributed by atoms with Crippen LogP contribution < -0.4 is 5.73 Å². The second-order valence-electron chi connectivity index (χ2n) is 5.17. The topological polar surface area (TPSA) is 55.6 Å². The number of nitrogens with zero attached hydrogens (tertiary/aromatic N) is 1. The van der Waals surface area contributed by atoms with Crippen molar-refractivity contribution in [2.24, 2.45) is 5.73 Å². The third-order valence-corrected chi connectivity index (χ3v) is 3.73. The van der Waals surface area contributed by atoms with E-state index in [4.69, 9.17) is 10.5 Å². The fourth-order valence-electron chi connectivity index (χ4n) is 2.77. The SMILES string of the molecule is CCOC1CCCN(C(=O)c2ccccc2CCN)C1. The van der Waals surface area contributed by atoms with Gasteiger partial charge in [0, 0.05) is 25.3 Å². The van der Waals surface area contributed by atoms with E-state index in [0.29, 0.717) is 19.7 Å². The van der Waals surface area contributed by atoms with Crippen molar-refractivity contribution in [2.45, 2.75) is 32.3 Å². The lowest BCUT2D eigenvalue weighted by Crippen LogP contribution is -2.43.